The third kappa shape index (κ3) is 5.77. The molecule has 29 heavy (non-hydrogen) atoms. The first-order valence-corrected chi connectivity index (χ1v) is 9.46. The van der Waals surface area contributed by atoms with Gasteiger partial charge in [-0.1, -0.05) is 13.8 Å². The third-order valence-electron chi connectivity index (χ3n) is 5.03. The van der Waals surface area contributed by atoms with E-state index in [1.807, 2.05) is 0 Å². The van der Waals surface area contributed by atoms with Crippen LogP contribution in [-0.2, 0) is 4.79 Å². The van der Waals surface area contributed by atoms with E-state index in [0.29, 0.717) is 11.5 Å². The van der Waals surface area contributed by atoms with Crippen LogP contribution >= 0.6 is 0 Å². The Kier molecular flexibility index (Phi) is 7.37. The average Bonchev–Trinajstić information content (AvgIpc) is 2.70. The number of amides is 2. The fourth-order valence-corrected chi connectivity index (χ4v) is 3.32. The third-order valence-corrected chi connectivity index (χ3v) is 5.03. The van der Waals surface area contributed by atoms with Crippen molar-refractivity contribution in [3.63, 3.8) is 0 Å². The van der Waals surface area contributed by atoms with E-state index in [1.165, 1.54) is 31.3 Å². The summed E-state index contributed by atoms with van der Waals surface area (Å²) in [6, 6.07) is 3.67. The molecule has 0 radical (unpaired) electrons. The minimum atomic E-state index is -4.34. The van der Waals surface area contributed by atoms with Gasteiger partial charge in [0.15, 0.2) is 0 Å². The number of benzene rings is 1. The van der Waals surface area contributed by atoms with Gasteiger partial charge in [-0.3, -0.25) is 9.59 Å². The van der Waals surface area contributed by atoms with Gasteiger partial charge in [-0.05, 0) is 30.9 Å². The number of alkyl halides is 3. The predicted octanol–water partition coefficient (Wildman–Crippen LogP) is 3.26. The number of hydrogen-bond acceptors (Lipinski definition) is 4. The molecular formula is C20H27F3N2O4. The molecule has 9 heteroatoms. The van der Waals surface area contributed by atoms with E-state index in [2.05, 4.69) is 5.32 Å². The number of methoxy groups -OCH3 is 2. The maximum Gasteiger partial charge on any atom is 0.393 e. The second kappa shape index (κ2) is 9.37. The van der Waals surface area contributed by atoms with Crippen LogP contribution in [-0.4, -0.2) is 56.2 Å². The highest BCUT2D eigenvalue weighted by atomic mass is 19.4. The van der Waals surface area contributed by atoms with Crippen molar-refractivity contribution < 1.29 is 32.2 Å². The summed E-state index contributed by atoms with van der Waals surface area (Å²) in [5, 5.41) is 2.66. The zero-order valence-corrected chi connectivity index (χ0v) is 17.0. The van der Waals surface area contributed by atoms with Crippen LogP contribution in [0.3, 0.4) is 0 Å². The molecule has 1 N–H and O–H groups in total. The molecule has 1 aromatic rings. The molecule has 0 aromatic heterocycles. The Bertz CT molecular complexity index is 715. The van der Waals surface area contributed by atoms with Gasteiger partial charge in [0.05, 0.1) is 20.1 Å². The summed E-state index contributed by atoms with van der Waals surface area (Å²) in [5.74, 6) is -2.05. The summed E-state index contributed by atoms with van der Waals surface area (Å²) in [7, 11) is 2.90. The van der Waals surface area contributed by atoms with Crippen LogP contribution in [0.1, 0.15) is 37.0 Å². The number of rotatable bonds is 6. The number of piperidine rings is 1. The predicted molar refractivity (Wildman–Crippen MR) is 101 cm³/mol. The standard InChI is InChI=1S/C20H27F3N2O4/c1-12(2)17(19(27)25-7-5-6-14(11-25)20(21,22)23)24-18(26)13-8-15(28-3)10-16(9-13)29-4/h8-10,12,14,17H,5-7,11H2,1-4H3,(H,24,26). The van der Waals surface area contributed by atoms with E-state index in [-0.39, 0.29) is 37.4 Å². The van der Waals surface area contributed by atoms with E-state index in [1.54, 1.807) is 19.9 Å². The molecule has 1 saturated heterocycles. The normalized spacial score (nSPS) is 18.3. The van der Waals surface area contributed by atoms with Gasteiger partial charge in [0.2, 0.25) is 5.91 Å². The van der Waals surface area contributed by atoms with Crippen molar-refractivity contribution in [1.29, 1.82) is 0 Å². The minimum absolute atomic E-state index is 0.00951. The molecule has 2 unspecified atom stereocenters. The van der Waals surface area contributed by atoms with E-state index < -0.39 is 30.0 Å². The number of likely N-dealkylation sites (tertiary alicyclic amines) is 1. The van der Waals surface area contributed by atoms with Gasteiger partial charge in [-0.2, -0.15) is 13.2 Å². The minimum Gasteiger partial charge on any atom is -0.497 e. The molecule has 1 aromatic carbocycles. The molecule has 0 bridgehead atoms. The van der Waals surface area contributed by atoms with E-state index >= 15 is 0 Å². The molecular weight excluding hydrogens is 389 g/mol. The lowest BCUT2D eigenvalue weighted by Gasteiger charge is -2.36. The topological polar surface area (TPSA) is 67.9 Å². The number of ether oxygens (including phenoxy) is 2. The first kappa shape index (κ1) is 22.8. The SMILES string of the molecule is COc1cc(OC)cc(C(=O)NC(C(=O)N2CCCC(C(F)(F)F)C2)C(C)C)c1. The van der Waals surface area contributed by atoms with Crippen molar-refractivity contribution in [1.82, 2.24) is 10.2 Å². The molecule has 1 heterocycles. The first-order chi connectivity index (χ1) is 13.6. The summed E-state index contributed by atoms with van der Waals surface area (Å²) in [4.78, 5) is 26.9. The molecule has 2 atom stereocenters. The van der Waals surface area contributed by atoms with Crippen molar-refractivity contribution in [2.45, 2.75) is 38.9 Å². The quantitative estimate of drug-likeness (QED) is 0.773. The lowest BCUT2D eigenvalue weighted by atomic mass is 9.95. The van der Waals surface area contributed by atoms with E-state index in [4.69, 9.17) is 9.47 Å². The Hall–Kier alpha value is -2.45. The molecule has 1 aliphatic heterocycles. The van der Waals surface area contributed by atoms with Crippen molar-refractivity contribution in [3.05, 3.63) is 23.8 Å². The van der Waals surface area contributed by atoms with Gasteiger partial charge in [0.25, 0.3) is 5.91 Å². The molecule has 1 fully saturated rings. The van der Waals surface area contributed by atoms with Gasteiger partial charge >= 0.3 is 6.18 Å². The number of carbonyl (C=O) groups excluding carboxylic acids is 2. The van der Waals surface area contributed by atoms with Crippen molar-refractivity contribution in [3.8, 4) is 11.5 Å². The van der Waals surface area contributed by atoms with Crippen LogP contribution in [0.15, 0.2) is 18.2 Å². The van der Waals surface area contributed by atoms with Gasteiger partial charge in [0, 0.05) is 24.7 Å². The Labute approximate surface area is 168 Å². The van der Waals surface area contributed by atoms with Crippen molar-refractivity contribution >= 4 is 11.8 Å². The van der Waals surface area contributed by atoms with Crippen LogP contribution in [0.25, 0.3) is 0 Å². The van der Waals surface area contributed by atoms with Crippen molar-refractivity contribution in [2.24, 2.45) is 11.8 Å². The molecule has 2 amide bonds. The van der Waals surface area contributed by atoms with Gasteiger partial charge in [-0.25, -0.2) is 0 Å². The lowest BCUT2D eigenvalue weighted by molar-refractivity contribution is -0.188. The second-order valence-electron chi connectivity index (χ2n) is 7.46. The van der Waals surface area contributed by atoms with Crippen LogP contribution in [0.5, 0.6) is 11.5 Å². The number of nitrogens with one attached hydrogen (secondary N) is 1. The molecule has 2 rings (SSSR count). The summed E-state index contributed by atoms with van der Waals surface area (Å²) < 4.78 is 49.5. The van der Waals surface area contributed by atoms with Crippen molar-refractivity contribution in [2.75, 3.05) is 27.3 Å². The number of halogens is 3. The molecule has 0 spiro atoms. The number of carbonyl (C=O) groups is 2. The Balaban J connectivity index is 2.17. The highest BCUT2D eigenvalue weighted by Gasteiger charge is 2.43. The lowest BCUT2D eigenvalue weighted by Crippen LogP contribution is -2.54. The zero-order valence-electron chi connectivity index (χ0n) is 17.0. The Morgan fingerprint density at radius 3 is 2.21 bits per heavy atom. The fraction of sp³-hybridized carbons (Fsp3) is 0.600. The maximum atomic E-state index is 13.1. The molecule has 162 valence electrons. The molecule has 0 saturated carbocycles. The summed E-state index contributed by atoms with van der Waals surface area (Å²) in [6.07, 6.45) is -4.05. The van der Waals surface area contributed by atoms with Crippen LogP contribution in [0, 0.1) is 11.8 Å². The van der Waals surface area contributed by atoms with Gasteiger partial charge in [-0.15, -0.1) is 0 Å². The van der Waals surface area contributed by atoms with Gasteiger partial charge < -0.3 is 19.7 Å². The largest absolute Gasteiger partial charge is 0.497 e. The molecule has 6 nitrogen and oxygen atoms in total. The van der Waals surface area contributed by atoms with Crippen LogP contribution in [0.2, 0.25) is 0 Å². The number of hydrogen-bond donors (Lipinski definition) is 1. The highest BCUT2D eigenvalue weighted by molar-refractivity contribution is 5.98. The van der Waals surface area contributed by atoms with Gasteiger partial charge in [0.1, 0.15) is 17.5 Å². The number of nitrogens with zero attached hydrogens (tertiary/aromatic N) is 1. The second-order valence-corrected chi connectivity index (χ2v) is 7.46. The van der Waals surface area contributed by atoms with E-state index in [0.717, 1.165) is 0 Å². The average molecular weight is 416 g/mol. The summed E-state index contributed by atoms with van der Waals surface area (Å²) in [5.41, 5.74) is 0.228. The molecule has 0 aliphatic carbocycles. The Morgan fingerprint density at radius 2 is 1.72 bits per heavy atom. The van der Waals surface area contributed by atoms with Crippen LogP contribution in [0.4, 0.5) is 13.2 Å². The Morgan fingerprint density at radius 1 is 1.14 bits per heavy atom. The maximum absolute atomic E-state index is 13.1. The first-order valence-electron chi connectivity index (χ1n) is 9.46. The zero-order chi connectivity index (χ0) is 21.8. The van der Waals surface area contributed by atoms with E-state index in [9.17, 15) is 22.8 Å². The molecule has 1 aliphatic rings. The highest BCUT2D eigenvalue weighted by Crippen LogP contribution is 2.33. The summed E-state index contributed by atoms with van der Waals surface area (Å²) >= 11 is 0. The monoisotopic (exact) mass is 416 g/mol. The van der Waals surface area contributed by atoms with Crippen LogP contribution < -0.4 is 14.8 Å². The summed E-state index contributed by atoms with van der Waals surface area (Å²) in [6.45, 7) is 3.34. The smallest absolute Gasteiger partial charge is 0.393 e. The fourth-order valence-electron chi connectivity index (χ4n) is 3.32.